The highest BCUT2D eigenvalue weighted by atomic mass is 35.5. The average molecular weight is 634 g/mol. The lowest BCUT2D eigenvalue weighted by Crippen LogP contribution is -2.32. The summed E-state index contributed by atoms with van der Waals surface area (Å²) in [5.41, 5.74) is 2.34. The second-order valence-corrected chi connectivity index (χ2v) is 12.5. The van der Waals surface area contributed by atoms with Crippen LogP contribution in [0.2, 0.25) is 15.1 Å². The number of carbonyl (C=O) groups excluding carboxylic acids is 4. The maximum atomic E-state index is 13.3. The van der Waals surface area contributed by atoms with Crippen molar-refractivity contribution in [1.29, 1.82) is 0 Å². The maximum Gasteiger partial charge on any atom is 0.339 e. The molecule has 7 nitrogen and oxygen atoms in total. The smallest absolute Gasteiger partial charge is 0.339 e. The molecule has 2 amide bonds. The van der Waals surface area contributed by atoms with E-state index in [0.29, 0.717) is 49.7 Å². The lowest BCUT2D eigenvalue weighted by Gasteiger charge is -2.19. The Bertz CT molecular complexity index is 1830. The molecule has 2 saturated carbocycles. The Hall–Kier alpha value is -3.78. The van der Waals surface area contributed by atoms with Crippen molar-refractivity contribution < 1.29 is 23.9 Å². The minimum atomic E-state index is -0.736. The van der Waals surface area contributed by atoms with E-state index in [2.05, 4.69) is 0 Å². The third-order valence-corrected chi connectivity index (χ3v) is 9.78. The van der Waals surface area contributed by atoms with E-state index in [4.69, 9.17) is 44.5 Å². The number of pyridine rings is 1. The van der Waals surface area contributed by atoms with E-state index < -0.39 is 18.4 Å². The van der Waals surface area contributed by atoms with Gasteiger partial charge in [0.1, 0.15) is 0 Å². The van der Waals surface area contributed by atoms with Crippen LogP contribution in [0.4, 0.5) is 5.69 Å². The Balaban J connectivity index is 1.17. The highest BCUT2D eigenvalue weighted by molar-refractivity contribution is 6.37. The molecule has 2 heterocycles. The maximum absolute atomic E-state index is 13.3. The Labute approximate surface area is 261 Å². The molecule has 216 valence electrons. The van der Waals surface area contributed by atoms with Crippen molar-refractivity contribution in [3.05, 3.63) is 92.9 Å². The topological polar surface area (TPSA) is 93.6 Å². The van der Waals surface area contributed by atoms with E-state index in [1.54, 1.807) is 48.5 Å². The van der Waals surface area contributed by atoms with E-state index in [-0.39, 0.29) is 39.8 Å². The fourth-order valence-corrected chi connectivity index (χ4v) is 7.71. The second-order valence-electron chi connectivity index (χ2n) is 11.3. The number of rotatable bonds is 6. The lowest BCUT2D eigenvalue weighted by atomic mass is 9.81. The van der Waals surface area contributed by atoms with Crippen molar-refractivity contribution in [2.75, 3.05) is 11.5 Å². The Kier molecular flexibility index (Phi) is 7.00. The molecular weight excluding hydrogens is 611 g/mol. The average Bonchev–Trinajstić information content (AvgIpc) is 3.69. The summed E-state index contributed by atoms with van der Waals surface area (Å²) >= 11 is 18.5. The Morgan fingerprint density at radius 3 is 2.21 bits per heavy atom. The van der Waals surface area contributed by atoms with Gasteiger partial charge in [-0.3, -0.25) is 19.3 Å². The van der Waals surface area contributed by atoms with Crippen molar-refractivity contribution >= 4 is 75.0 Å². The fraction of sp³-hybridized carbons (Fsp3) is 0.242. The summed E-state index contributed by atoms with van der Waals surface area (Å²) in [6.07, 6.45) is 3.01. The third-order valence-electron chi connectivity index (χ3n) is 8.92. The normalized spacial score (nSPS) is 22.3. The molecule has 0 spiro atoms. The van der Waals surface area contributed by atoms with Gasteiger partial charge in [-0.1, -0.05) is 59.1 Å². The first-order chi connectivity index (χ1) is 20.7. The second kappa shape index (κ2) is 10.7. The summed E-state index contributed by atoms with van der Waals surface area (Å²) in [4.78, 5) is 58.6. The number of carbonyl (C=O) groups is 4. The number of aromatic nitrogens is 1. The van der Waals surface area contributed by atoms with Crippen LogP contribution < -0.4 is 4.90 Å². The molecule has 43 heavy (non-hydrogen) atoms. The summed E-state index contributed by atoms with van der Waals surface area (Å²) in [5.74, 6) is -1.23. The van der Waals surface area contributed by atoms with Crippen LogP contribution in [0.1, 0.15) is 40.0 Å². The van der Waals surface area contributed by atoms with Crippen molar-refractivity contribution in [2.24, 2.45) is 23.7 Å². The zero-order valence-corrected chi connectivity index (χ0v) is 24.8. The van der Waals surface area contributed by atoms with Gasteiger partial charge in [0.25, 0.3) is 0 Å². The quantitative estimate of drug-likeness (QED) is 0.125. The monoisotopic (exact) mass is 632 g/mol. The van der Waals surface area contributed by atoms with Gasteiger partial charge in [0, 0.05) is 21.5 Å². The third kappa shape index (κ3) is 4.71. The minimum absolute atomic E-state index is 0.106. The first-order valence-electron chi connectivity index (χ1n) is 13.9. The molecule has 10 heteroatoms. The number of benzene rings is 3. The van der Waals surface area contributed by atoms with Crippen molar-refractivity contribution in [1.82, 2.24) is 4.98 Å². The molecule has 4 atom stereocenters. The number of fused-ring (bicyclic) bond motifs is 6. The molecule has 7 rings (SSSR count). The standard InChI is InChI=1S/C33H23Cl3N2O5/c34-19-8-11-22(25(36)13-19)27(39)15-43-33(42)23-14-26(37-30-21(23)2-1-3-24(30)35)16-6-9-20(10-7-16)38-31(40)28-17-4-5-18(12-17)29(28)32(38)41/h1-3,6-11,13-14,17-18,28-29H,4-5,12,15H2. The van der Waals surface area contributed by atoms with Crippen LogP contribution in [-0.2, 0) is 14.3 Å². The number of halogens is 3. The largest absolute Gasteiger partial charge is 0.454 e. The van der Waals surface area contributed by atoms with Gasteiger partial charge < -0.3 is 4.74 Å². The molecule has 3 fully saturated rings. The lowest BCUT2D eigenvalue weighted by molar-refractivity contribution is -0.123. The number of ether oxygens (including phenoxy) is 1. The van der Waals surface area contributed by atoms with Crippen LogP contribution in [0.15, 0.2) is 66.7 Å². The predicted octanol–water partition coefficient (Wildman–Crippen LogP) is 7.44. The number of ketones is 1. The molecule has 4 aromatic rings. The summed E-state index contributed by atoms with van der Waals surface area (Å²) < 4.78 is 5.40. The van der Waals surface area contributed by atoms with Crippen molar-refractivity contribution in [3.8, 4) is 11.3 Å². The van der Waals surface area contributed by atoms with E-state index in [1.165, 1.54) is 23.1 Å². The van der Waals surface area contributed by atoms with E-state index in [0.717, 1.165) is 19.3 Å². The highest BCUT2D eigenvalue weighted by Crippen LogP contribution is 2.56. The summed E-state index contributed by atoms with van der Waals surface area (Å²) in [6, 6.07) is 18.0. The molecule has 0 radical (unpaired) electrons. The number of para-hydroxylation sites is 1. The van der Waals surface area contributed by atoms with Crippen LogP contribution in [0.25, 0.3) is 22.2 Å². The van der Waals surface area contributed by atoms with Gasteiger partial charge in [0.15, 0.2) is 6.61 Å². The summed E-state index contributed by atoms with van der Waals surface area (Å²) in [5, 5.41) is 1.34. The van der Waals surface area contributed by atoms with Gasteiger partial charge in [-0.15, -0.1) is 0 Å². The minimum Gasteiger partial charge on any atom is -0.454 e. The number of amides is 2. The number of nitrogens with zero attached hydrogens (tertiary/aromatic N) is 2. The van der Waals surface area contributed by atoms with Gasteiger partial charge in [-0.2, -0.15) is 0 Å². The van der Waals surface area contributed by atoms with Gasteiger partial charge in [0.2, 0.25) is 17.6 Å². The number of Topliss-reactive ketones (excluding diaryl/α,β-unsaturated/α-hetero) is 1. The van der Waals surface area contributed by atoms with Gasteiger partial charge in [-0.25, -0.2) is 9.78 Å². The van der Waals surface area contributed by atoms with Crippen molar-refractivity contribution in [2.45, 2.75) is 19.3 Å². The van der Waals surface area contributed by atoms with Crippen LogP contribution in [-0.4, -0.2) is 35.2 Å². The van der Waals surface area contributed by atoms with Crippen LogP contribution in [0, 0.1) is 23.7 Å². The summed E-state index contributed by atoms with van der Waals surface area (Å²) in [6.45, 7) is -0.532. The summed E-state index contributed by atoms with van der Waals surface area (Å²) in [7, 11) is 0. The molecule has 3 aromatic carbocycles. The molecule has 4 unspecified atom stereocenters. The van der Waals surface area contributed by atoms with E-state index in [9.17, 15) is 19.2 Å². The molecule has 1 aliphatic heterocycles. The predicted molar refractivity (Wildman–Crippen MR) is 164 cm³/mol. The number of hydrogen-bond acceptors (Lipinski definition) is 6. The van der Waals surface area contributed by atoms with Gasteiger partial charge >= 0.3 is 5.97 Å². The highest BCUT2D eigenvalue weighted by Gasteiger charge is 2.61. The zero-order valence-electron chi connectivity index (χ0n) is 22.6. The number of esters is 1. The first kappa shape index (κ1) is 28.0. The zero-order chi connectivity index (χ0) is 30.0. The number of hydrogen-bond donors (Lipinski definition) is 0. The molecule has 2 bridgehead atoms. The molecule has 0 N–H and O–H groups in total. The fourth-order valence-electron chi connectivity index (χ4n) is 6.98. The van der Waals surface area contributed by atoms with Crippen LogP contribution in [0.3, 0.4) is 0 Å². The van der Waals surface area contributed by atoms with Gasteiger partial charge in [-0.05, 0) is 73.6 Å². The Morgan fingerprint density at radius 2 is 1.53 bits per heavy atom. The molecule has 1 saturated heterocycles. The van der Waals surface area contributed by atoms with E-state index >= 15 is 0 Å². The molecule has 3 aliphatic rings. The molecule has 1 aromatic heterocycles. The first-order valence-corrected chi connectivity index (χ1v) is 15.1. The number of anilines is 1. The van der Waals surface area contributed by atoms with Gasteiger partial charge in [0.05, 0.1) is 44.3 Å². The van der Waals surface area contributed by atoms with Crippen molar-refractivity contribution in [3.63, 3.8) is 0 Å². The Morgan fingerprint density at radius 1 is 0.837 bits per heavy atom. The molecule has 2 aliphatic carbocycles. The number of imide groups is 1. The molecular formula is C33H23Cl3N2O5. The SMILES string of the molecule is O=C(COC(=O)c1cc(-c2ccc(N3C(=O)C4C5CCC(C5)C4C3=O)cc2)nc2c(Cl)cccc12)c1ccc(Cl)cc1Cl. The van der Waals surface area contributed by atoms with Crippen LogP contribution in [0.5, 0.6) is 0 Å². The van der Waals surface area contributed by atoms with E-state index in [1.807, 2.05) is 0 Å². The van der Waals surface area contributed by atoms with Crippen LogP contribution >= 0.6 is 34.8 Å².